The van der Waals surface area contributed by atoms with Crippen LogP contribution in [0.4, 0.5) is 0 Å². The molecule has 2 atom stereocenters. The van der Waals surface area contributed by atoms with Crippen molar-refractivity contribution in [3.63, 3.8) is 0 Å². The van der Waals surface area contributed by atoms with Crippen molar-refractivity contribution in [3.05, 3.63) is 93.4 Å². The second kappa shape index (κ2) is 9.10. The van der Waals surface area contributed by atoms with E-state index in [1.165, 1.54) is 14.2 Å². The molecule has 1 aliphatic carbocycles. The van der Waals surface area contributed by atoms with Crippen molar-refractivity contribution in [1.82, 2.24) is 10.2 Å². The van der Waals surface area contributed by atoms with Crippen molar-refractivity contribution >= 4 is 5.78 Å². The number of nitro groups is 1. The number of fused-ring (bicyclic) bond motifs is 2. The second-order valence-electron chi connectivity index (χ2n) is 8.09. The number of methoxy groups -OCH3 is 2. The quantitative estimate of drug-likeness (QED) is 0.385. The van der Waals surface area contributed by atoms with Gasteiger partial charge in [0.1, 0.15) is 11.7 Å². The molecule has 2 aliphatic rings. The fourth-order valence-electron chi connectivity index (χ4n) is 4.92. The van der Waals surface area contributed by atoms with Crippen LogP contribution in [0.15, 0.2) is 72.2 Å². The molecule has 0 saturated heterocycles. The Labute approximate surface area is 187 Å². The number of Topliss-reactive ketones (excluding diaryl/α,β-unsaturated/α-hetero) is 1. The first-order valence-electron chi connectivity index (χ1n) is 10.6. The Morgan fingerprint density at radius 3 is 2.19 bits per heavy atom. The lowest BCUT2D eigenvalue weighted by atomic mass is 9.73. The number of ether oxygens (including phenoxy) is 2. The molecule has 1 N–H and O–H groups in total. The topological polar surface area (TPSA) is 93.9 Å². The number of hydrogen-bond acceptors (Lipinski definition) is 7. The van der Waals surface area contributed by atoms with E-state index in [4.69, 9.17) is 9.47 Å². The molecule has 0 aromatic heterocycles. The maximum atomic E-state index is 12.6. The van der Waals surface area contributed by atoms with E-state index in [-0.39, 0.29) is 24.3 Å². The van der Waals surface area contributed by atoms with Gasteiger partial charge in [-0.1, -0.05) is 60.7 Å². The summed E-state index contributed by atoms with van der Waals surface area (Å²) < 4.78 is 11.6. The molecule has 2 aromatic carbocycles. The standard InChI is InChI=1S/C24H27N3O5/c1-31-24(32-2)20-13-19(28)14-21(24)26(16-18-11-7-4-8-12-18)23(22(20)27(29)30)25-15-17-9-5-3-6-10-17/h3-12,20-21,25H,13-16H2,1-2H3. The van der Waals surface area contributed by atoms with E-state index in [0.717, 1.165) is 11.1 Å². The van der Waals surface area contributed by atoms with Crippen LogP contribution in [0.5, 0.6) is 0 Å². The molecule has 32 heavy (non-hydrogen) atoms. The fourth-order valence-corrected chi connectivity index (χ4v) is 4.92. The first kappa shape index (κ1) is 22.0. The maximum Gasteiger partial charge on any atom is 0.294 e. The van der Waals surface area contributed by atoms with E-state index >= 15 is 0 Å². The van der Waals surface area contributed by atoms with Crippen LogP contribution >= 0.6 is 0 Å². The average molecular weight is 437 g/mol. The summed E-state index contributed by atoms with van der Waals surface area (Å²) in [6.45, 7) is 0.785. The van der Waals surface area contributed by atoms with Crippen LogP contribution in [0.25, 0.3) is 0 Å². The van der Waals surface area contributed by atoms with Crippen molar-refractivity contribution in [2.75, 3.05) is 14.2 Å². The van der Waals surface area contributed by atoms with E-state index in [0.29, 0.717) is 18.9 Å². The SMILES string of the molecule is COC1(OC)C2CC(=O)CC1N(Cc1ccccc1)C(NCc1ccccc1)=C2[N+](=O)[O-]. The van der Waals surface area contributed by atoms with Gasteiger partial charge in [0.25, 0.3) is 5.70 Å². The Kier molecular flexibility index (Phi) is 6.25. The van der Waals surface area contributed by atoms with E-state index < -0.39 is 22.7 Å². The number of benzene rings is 2. The minimum atomic E-state index is -1.29. The minimum absolute atomic E-state index is 0.00415. The molecule has 1 fully saturated rings. The second-order valence-corrected chi connectivity index (χ2v) is 8.09. The summed E-state index contributed by atoms with van der Waals surface area (Å²) >= 11 is 0. The van der Waals surface area contributed by atoms with Crippen molar-refractivity contribution in [3.8, 4) is 0 Å². The largest absolute Gasteiger partial charge is 0.362 e. The summed E-state index contributed by atoms with van der Waals surface area (Å²) in [5.74, 6) is -1.73. The van der Waals surface area contributed by atoms with Gasteiger partial charge in [-0.3, -0.25) is 14.9 Å². The first-order chi connectivity index (χ1) is 15.5. The number of ketones is 1. The molecule has 1 aliphatic heterocycles. The Morgan fingerprint density at radius 2 is 1.62 bits per heavy atom. The molecule has 1 saturated carbocycles. The van der Waals surface area contributed by atoms with Crippen molar-refractivity contribution in [1.29, 1.82) is 0 Å². The van der Waals surface area contributed by atoms with Gasteiger partial charge in [-0.25, -0.2) is 0 Å². The normalized spacial score (nSPS) is 22.1. The molecule has 0 radical (unpaired) electrons. The Morgan fingerprint density at radius 1 is 1.03 bits per heavy atom. The number of nitrogens with one attached hydrogen (secondary N) is 1. The zero-order valence-corrected chi connectivity index (χ0v) is 18.2. The first-order valence-corrected chi connectivity index (χ1v) is 10.6. The molecule has 2 unspecified atom stereocenters. The molecule has 168 valence electrons. The van der Waals surface area contributed by atoms with Crippen LogP contribution in [0.1, 0.15) is 24.0 Å². The number of carbonyl (C=O) groups excluding carboxylic acids is 1. The average Bonchev–Trinajstić information content (AvgIpc) is 2.80. The molecule has 2 bridgehead atoms. The zero-order valence-electron chi connectivity index (χ0n) is 18.2. The number of nitrogens with zero attached hydrogens (tertiary/aromatic N) is 2. The summed E-state index contributed by atoms with van der Waals surface area (Å²) in [5.41, 5.74) is 1.88. The molecule has 1 heterocycles. The van der Waals surface area contributed by atoms with Crippen molar-refractivity contribution in [2.45, 2.75) is 37.8 Å². The van der Waals surface area contributed by atoms with E-state index in [9.17, 15) is 14.9 Å². The summed E-state index contributed by atoms with van der Waals surface area (Å²) in [7, 11) is 2.97. The monoisotopic (exact) mass is 437 g/mol. The number of hydrogen-bond donors (Lipinski definition) is 1. The van der Waals surface area contributed by atoms with Gasteiger partial charge in [0.05, 0.1) is 11.0 Å². The van der Waals surface area contributed by atoms with Crippen LogP contribution in [0.2, 0.25) is 0 Å². The Balaban J connectivity index is 1.84. The van der Waals surface area contributed by atoms with Gasteiger partial charge in [0.15, 0.2) is 5.82 Å². The molecule has 0 spiro atoms. The van der Waals surface area contributed by atoms with E-state index in [1.54, 1.807) is 0 Å². The molecular weight excluding hydrogens is 410 g/mol. The van der Waals surface area contributed by atoms with Crippen molar-refractivity contribution < 1.29 is 19.2 Å². The third-order valence-electron chi connectivity index (χ3n) is 6.37. The Bertz CT molecular complexity index is 1000. The highest BCUT2D eigenvalue weighted by molar-refractivity contribution is 5.81. The summed E-state index contributed by atoms with van der Waals surface area (Å²) in [5, 5.41) is 15.7. The van der Waals surface area contributed by atoms with Crippen LogP contribution in [-0.2, 0) is 27.4 Å². The Hall–Kier alpha value is -3.23. The minimum Gasteiger partial charge on any atom is -0.362 e. The smallest absolute Gasteiger partial charge is 0.294 e. The van der Waals surface area contributed by atoms with E-state index in [2.05, 4.69) is 5.32 Å². The maximum absolute atomic E-state index is 12.6. The van der Waals surface area contributed by atoms with Gasteiger partial charge in [-0.15, -0.1) is 0 Å². The lowest BCUT2D eigenvalue weighted by Gasteiger charge is -2.53. The van der Waals surface area contributed by atoms with Crippen LogP contribution in [0, 0.1) is 16.0 Å². The van der Waals surface area contributed by atoms with Gasteiger partial charge in [0.2, 0.25) is 5.79 Å². The van der Waals surface area contributed by atoms with Gasteiger partial charge in [0, 0.05) is 40.2 Å². The number of rotatable bonds is 8. The molecule has 2 aromatic rings. The van der Waals surface area contributed by atoms with Gasteiger partial charge in [-0.2, -0.15) is 0 Å². The summed E-state index contributed by atoms with van der Waals surface area (Å²) in [4.78, 5) is 26.5. The summed E-state index contributed by atoms with van der Waals surface area (Å²) in [6, 6.07) is 18.9. The molecule has 8 heteroatoms. The van der Waals surface area contributed by atoms with Crippen molar-refractivity contribution in [2.24, 2.45) is 5.92 Å². The third kappa shape index (κ3) is 3.87. The van der Waals surface area contributed by atoms with Crippen LogP contribution in [0.3, 0.4) is 0 Å². The van der Waals surface area contributed by atoms with E-state index in [1.807, 2.05) is 65.6 Å². The lowest BCUT2D eigenvalue weighted by molar-refractivity contribution is -0.455. The molecular formula is C24H27N3O5. The molecule has 4 rings (SSSR count). The summed E-state index contributed by atoms with van der Waals surface area (Å²) in [6.07, 6.45) is 0.191. The zero-order chi connectivity index (χ0) is 22.7. The van der Waals surface area contributed by atoms with Crippen LogP contribution in [-0.4, -0.2) is 41.7 Å². The van der Waals surface area contributed by atoms with Gasteiger partial charge < -0.3 is 19.7 Å². The highest BCUT2D eigenvalue weighted by atomic mass is 16.7. The predicted octanol–water partition coefficient (Wildman–Crippen LogP) is 3.07. The molecule has 0 amide bonds. The fraction of sp³-hybridized carbons (Fsp3) is 0.375. The molecule has 8 nitrogen and oxygen atoms in total. The highest BCUT2D eigenvalue weighted by Gasteiger charge is 2.63. The van der Waals surface area contributed by atoms with Crippen LogP contribution < -0.4 is 5.32 Å². The lowest BCUT2D eigenvalue weighted by Crippen LogP contribution is -2.67. The highest BCUT2D eigenvalue weighted by Crippen LogP contribution is 2.48. The number of carbonyl (C=O) groups is 1. The third-order valence-corrected chi connectivity index (χ3v) is 6.37. The predicted molar refractivity (Wildman–Crippen MR) is 118 cm³/mol. The van der Waals surface area contributed by atoms with Gasteiger partial charge in [-0.05, 0) is 11.1 Å². The van der Waals surface area contributed by atoms with Gasteiger partial charge >= 0.3 is 0 Å².